The van der Waals surface area contributed by atoms with Crippen molar-refractivity contribution in [2.75, 3.05) is 6.61 Å². The number of hydrogen-bond acceptors (Lipinski definition) is 6. The van der Waals surface area contributed by atoms with Crippen molar-refractivity contribution in [1.29, 1.82) is 0 Å². The molecule has 1 aliphatic carbocycles. The molecule has 0 aromatic carbocycles. The molecule has 23 heavy (non-hydrogen) atoms. The molecule has 0 aromatic heterocycles. The number of carbonyl (C=O) groups excluding carboxylic acids is 1. The van der Waals surface area contributed by atoms with E-state index in [1.165, 1.54) is 0 Å². The lowest BCUT2D eigenvalue weighted by Crippen LogP contribution is -2.50. The quantitative estimate of drug-likeness (QED) is 0.734. The Hall–Kier alpha value is -0.530. The van der Waals surface area contributed by atoms with Crippen molar-refractivity contribution in [3.63, 3.8) is 0 Å². The zero-order chi connectivity index (χ0) is 16.6. The molecule has 0 N–H and O–H groups in total. The van der Waals surface area contributed by atoms with Crippen LogP contribution in [0.3, 0.4) is 0 Å². The average molecular weight is 326 g/mol. The van der Waals surface area contributed by atoms with Crippen molar-refractivity contribution in [3.05, 3.63) is 0 Å². The number of Topliss-reactive ketones (excluding diaryl/α,β-unsaturated/α-hetero) is 1. The first-order valence-corrected chi connectivity index (χ1v) is 8.48. The second kappa shape index (κ2) is 4.76. The highest BCUT2D eigenvalue weighted by Gasteiger charge is 2.70. The molecule has 0 aromatic rings. The highest BCUT2D eigenvalue weighted by Crippen LogP contribution is 2.59. The number of carbonyl (C=O) groups is 1. The Bertz CT molecular complexity index is 529. The van der Waals surface area contributed by atoms with Gasteiger partial charge in [-0.1, -0.05) is 6.92 Å². The van der Waals surface area contributed by atoms with E-state index in [1.807, 2.05) is 27.7 Å². The van der Waals surface area contributed by atoms with Crippen LogP contribution in [0.2, 0.25) is 0 Å². The summed E-state index contributed by atoms with van der Waals surface area (Å²) in [6, 6.07) is 0. The number of fused-ring (bicyclic) bond motifs is 2. The Labute approximate surface area is 136 Å². The minimum absolute atomic E-state index is 0.166. The van der Waals surface area contributed by atoms with Crippen LogP contribution < -0.4 is 0 Å². The summed E-state index contributed by atoms with van der Waals surface area (Å²) in [6.45, 7) is 10.1. The van der Waals surface area contributed by atoms with Crippen LogP contribution in [0.1, 0.15) is 47.5 Å². The van der Waals surface area contributed by atoms with Crippen LogP contribution in [-0.4, -0.2) is 48.6 Å². The van der Waals surface area contributed by atoms with Gasteiger partial charge in [0, 0.05) is 18.3 Å². The van der Waals surface area contributed by atoms with Gasteiger partial charge in [-0.25, -0.2) is 0 Å². The Morgan fingerprint density at radius 1 is 1.00 bits per heavy atom. The molecule has 1 saturated carbocycles. The van der Waals surface area contributed by atoms with Crippen molar-refractivity contribution in [3.8, 4) is 0 Å². The third-order valence-corrected chi connectivity index (χ3v) is 5.72. The van der Waals surface area contributed by atoms with Gasteiger partial charge in [-0.05, 0) is 33.6 Å². The molecule has 130 valence electrons. The molecule has 4 fully saturated rings. The number of ketones is 1. The van der Waals surface area contributed by atoms with Crippen LogP contribution in [-0.2, 0) is 28.5 Å². The first-order valence-electron chi connectivity index (χ1n) is 8.48. The molecule has 0 amide bonds. The molecule has 6 atom stereocenters. The second-order valence-corrected chi connectivity index (χ2v) is 8.28. The summed E-state index contributed by atoms with van der Waals surface area (Å²) in [6.07, 6.45) is -0.133. The molecule has 1 spiro atoms. The summed E-state index contributed by atoms with van der Waals surface area (Å²) < 4.78 is 30.1. The average Bonchev–Trinajstić information content (AvgIpc) is 3.06. The zero-order valence-electron chi connectivity index (χ0n) is 14.5. The highest BCUT2D eigenvalue weighted by atomic mass is 16.8. The SMILES string of the molecule is C[C@H]1CC(=O)C[C@]12[C@@H]([C@H]1COC(C)(C)O1)O[C@@H]1OC(C)(C)O[C@@H]12. The van der Waals surface area contributed by atoms with Gasteiger partial charge in [-0.2, -0.15) is 0 Å². The fourth-order valence-corrected chi connectivity index (χ4v) is 4.81. The maximum atomic E-state index is 12.2. The monoisotopic (exact) mass is 326 g/mol. The van der Waals surface area contributed by atoms with Crippen LogP contribution in [0, 0.1) is 11.3 Å². The van der Waals surface area contributed by atoms with E-state index >= 15 is 0 Å². The predicted octanol–water partition coefficient (Wildman–Crippen LogP) is 2.00. The van der Waals surface area contributed by atoms with E-state index in [9.17, 15) is 4.79 Å². The van der Waals surface area contributed by atoms with Crippen LogP contribution >= 0.6 is 0 Å². The van der Waals surface area contributed by atoms with Crippen molar-refractivity contribution in [2.24, 2.45) is 11.3 Å². The van der Waals surface area contributed by atoms with E-state index in [0.29, 0.717) is 19.4 Å². The number of rotatable bonds is 1. The lowest BCUT2D eigenvalue weighted by Gasteiger charge is -2.39. The van der Waals surface area contributed by atoms with E-state index in [4.69, 9.17) is 23.7 Å². The first-order chi connectivity index (χ1) is 10.6. The summed E-state index contributed by atoms with van der Waals surface area (Å²) in [5.74, 6) is -0.886. The van der Waals surface area contributed by atoms with Crippen LogP contribution in [0.15, 0.2) is 0 Å². The Morgan fingerprint density at radius 3 is 2.30 bits per heavy atom. The van der Waals surface area contributed by atoms with Crippen LogP contribution in [0.5, 0.6) is 0 Å². The predicted molar refractivity (Wildman–Crippen MR) is 79.4 cm³/mol. The fraction of sp³-hybridized carbons (Fsp3) is 0.941. The lowest BCUT2D eigenvalue weighted by atomic mass is 9.69. The zero-order valence-corrected chi connectivity index (χ0v) is 14.5. The van der Waals surface area contributed by atoms with E-state index in [1.54, 1.807) is 0 Å². The van der Waals surface area contributed by atoms with Crippen molar-refractivity contribution in [1.82, 2.24) is 0 Å². The van der Waals surface area contributed by atoms with Crippen molar-refractivity contribution >= 4 is 5.78 Å². The molecule has 0 unspecified atom stereocenters. The normalized spacial score (nSPS) is 50.8. The topological polar surface area (TPSA) is 63.2 Å². The molecule has 3 saturated heterocycles. The number of hydrogen-bond donors (Lipinski definition) is 0. The molecule has 3 heterocycles. The van der Waals surface area contributed by atoms with Gasteiger partial charge in [0.15, 0.2) is 17.9 Å². The number of ether oxygens (including phenoxy) is 5. The minimum atomic E-state index is -0.690. The molecule has 6 heteroatoms. The summed E-state index contributed by atoms with van der Waals surface area (Å²) >= 11 is 0. The van der Waals surface area contributed by atoms with Gasteiger partial charge in [-0.15, -0.1) is 0 Å². The minimum Gasteiger partial charge on any atom is -0.348 e. The van der Waals surface area contributed by atoms with Gasteiger partial charge in [0.2, 0.25) is 0 Å². The summed E-state index contributed by atoms with van der Waals surface area (Å²) in [5, 5.41) is 0. The summed E-state index contributed by atoms with van der Waals surface area (Å²) in [5.41, 5.74) is -0.399. The van der Waals surface area contributed by atoms with Crippen molar-refractivity contribution < 1.29 is 28.5 Å². The van der Waals surface area contributed by atoms with Crippen LogP contribution in [0.4, 0.5) is 0 Å². The molecule has 0 radical (unpaired) electrons. The van der Waals surface area contributed by atoms with E-state index in [2.05, 4.69) is 6.92 Å². The lowest BCUT2D eigenvalue weighted by molar-refractivity contribution is -0.240. The van der Waals surface area contributed by atoms with E-state index < -0.39 is 23.3 Å². The third-order valence-electron chi connectivity index (χ3n) is 5.72. The standard InChI is InChI=1S/C17H26O6/c1-9-6-10(18)7-17(9)12(11-8-19-15(2,3)21-11)20-14-13(17)22-16(4,5)23-14/h9,11-14H,6-8H2,1-5H3/t9-,11+,12+,13-,14+,17+/m0/s1. The highest BCUT2D eigenvalue weighted by molar-refractivity contribution is 5.82. The summed E-state index contributed by atoms with van der Waals surface area (Å²) in [7, 11) is 0. The van der Waals surface area contributed by atoms with E-state index in [-0.39, 0.29) is 30.0 Å². The Kier molecular flexibility index (Phi) is 3.30. The van der Waals surface area contributed by atoms with Gasteiger partial charge in [-0.3, -0.25) is 4.79 Å². The largest absolute Gasteiger partial charge is 0.348 e. The summed E-state index contributed by atoms with van der Waals surface area (Å²) in [4.78, 5) is 12.2. The van der Waals surface area contributed by atoms with Gasteiger partial charge in [0.25, 0.3) is 0 Å². The Balaban J connectivity index is 1.69. The van der Waals surface area contributed by atoms with E-state index in [0.717, 1.165) is 0 Å². The second-order valence-electron chi connectivity index (χ2n) is 8.28. The molecule has 4 rings (SSSR count). The van der Waals surface area contributed by atoms with Crippen LogP contribution in [0.25, 0.3) is 0 Å². The fourth-order valence-electron chi connectivity index (χ4n) is 4.81. The third kappa shape index (κ3) is 2.30. The molecule has 6 nitrogen and oxygen atoms in total. The van der Waals surface area contributed by atoms with Crippen molar-refractivity contribution in [2.45, 2.75) is 83.6 Å². The Morgan fingerprint density at radius 2 is 1.74 bits per heavy atom. The molecule has 4 aliphatic rings. The molecular formula is C17H26O6. The maximum Gasteiger partial charge on any atom is 0.188 e. The van der Waals surface area contributed by atoms with Gasteiger partial charge in [0.05, 0.1) is 12.7 Å². The van der Waals surface area contributed by atoms with Gasteiger partial charge >= 0.3 is 0 Å². The van der Waals surface area contributed by atoms with Gasteiger partial charge in [0.1, 0.15) is 18.0 Å². The molecular weight excluding hydrogens is 300 g/mol. The maximum absolute atomic E-state index is 12.2. The van der Waals surface area contributed by atoms with Gasteiger partial charge < -0.3 is 23.7 Å². The molecule has 3 aliphatic heterocycles. The molecule has 0 bridgehead atoms. The smallest absolute Gasteiger partial charge is 0.188 e. The first kappa shape index (κ1) is 16.0.